The zero-order valence-electron chi connectivity index (χ0n) is 9.45. The number of rotatable bonds is 1. The number of H-pyrrole nitrogens is 1. The number of hydrogen-bond donors (Lipinski definition) is 1. The number of hydrogen-bond acceptors (Lipinski definition) is 1. The lowest BCUT2D eigenvalue weighted by Crippen LogP contribution is -2.10. The van der Waals surface area contributed by atoms with Crippen LogP contribution in [0.4, 0.5) is 8.78 Å². The van der Waals surface area contributed by atoms with Crippen molar-refractivity contribution in [3.05, 3.63) is 63.1 Å². The third kappa shape index (κ3) is 1.98. The molecule has 1 N–H and O–H groups in total. The highest BCUT2D eigenvalue weighted by Gasteiger charge is 2.13. The van der Waals surface area contributed by atoms with Crippen molar-refractivity contribution in [3.63, 3.8) is 0 Å². The molecule has 1 aromatic carbocycles. The summed E-state index contributed by atoms with van der Waals surface area (Å²) >= 11 is 3.30. The van der Waals surface area contributed by atoms with Gasteiger partial charge in [-0.1, -0.05) is 28.1 Å². The number of halogens is 3. The number of benzene rings is 1. The first-order chi connectivity index (χ1) is 9.06. The molecule has 0 saturated heterocycles. The summed E-state index contributed by atoms with van der Waals surface area (Å²) in [6, 6.07) is 7.99. The molecule has 0 amide bonds. The SMILES string of the molecule is O=c1[nH]c(-c2ccc(Br)cc2)cn2c(F)c(F)cc12. The molecular formula is C13H7BrF2N2O. The zero-order valence-corrected chi connectivity index (χ0v) is 11.0. The first-order valence-corrected chi connectivity index (χ1v) is 6.21. The van der Waals surface area contributed by atoms with E-state index in [2.05, 4.69) is 20.9 Å². The van der Waals surface area contributed by atoms with E-state index in [0.29, 0.717) is 11.3 Å². The summed E-state index contributed by atoms with van der Waals surface area (Å²) in [5.41, 5.74) is 0.522. The van der Waals surface area contributed by atoms with Crippen molar-refractivity contribution in [2.45, 2.75) is 0 Å². The van der Waals surface area contributed by atoms with Gasteiger partial charge in [-0.25, -0.2) is 4.39 Å². The molecule has 0 aliphatic heterocycles. The molecule has 0 aliphatic rings. The Morgan fingerprint density at radius 2 is 1.84 bits per heavy atom. The molecule has 0 aliphatic carbocycles. The monoisotopic (exact) mass is 324 g/mol. The molecule has 0 bridgehead atoms. The maximum atomic E-state index is 13.5. The maximum Gasteiger partial charge on any atom is 0.272 e. The normalized spacial score (nSPS) is 11.1. The van der Waals surface area contributed by atoms with Crippen molar-refractivity contribution >= 4 is 21.4 Å². The van der Waals surface area contributed by atoms with Crippen LogP contribution in [0.25, 0.3) is 16.8 Å². The highest BCUT2D eigenvalue weighted by molar-refractivity contribution is 9.10. The Labute approximate surface area is 114 Å². The third-order valence-corrected chi connectivity index (χ3v) is 3.35. The Hall–Kier alpha value is -1.95. The number of nitrogens with one attached hydrogen (secondary N) is 1. The first-order valence-electron chi connectivity index (χ1n) is 5.41. The van der Waals surface area contributed by atoms with E-state index in [1.807, 2.05) is 0 Å². The summed E-state index contributed by atoms with van der Waals surface area (Å²) in [7, 11) is 0. The summed E-state index contributed by atoms with van der Waals surface area (Å²) in [5, 5.41) is 0. The summed E-state index contributed by atoms with van der Waals surface area (Å²) in [6.45, 7) is 0. The van der Waals surface area contributed by atoms with Crippen LogP contribution in [-0.4, -0.2) is 9.38 Å². The highest BCUT2D eigenvalue weighted by atomic mass is 79.9. The predicted octanol–water partition coefficient (Wildman–Crippen LogP) is 3.34. The van der Waals surface area contributed by atoms with E-state index in [-0.39, 0.29) is 5.52 Å². The molecule has 0 fully saturated rings. The second kappa shape index (κ2) is 4.31. The molecule has 0 spiro atoms. The summed E-state index contributed by atoms with van der Waals surface area (Å²) in [6.07, 6.45) is 1.36. The van der Waals surface area contributed by atoms with Crippen LogP contribution in [0.5, 0.6) is 0 Å². The molecule has 96 valence electrons. The van der Waals surface area contributed by atoms with Gasteiger partial charge in [0.15, 0.2) is 5.82 Å². The van der Waals surface area contributed by atoms with E-state index in [0.717, 1.165) is 14.9 Å². The lowest BCUT2D eigenvalue weighted by molar-refractivity contribution is 0.481. The summed E-state index contributed by atoms with van der Waals surface area (Å²) in [4.78, 5) is 14.4. The smallest absolute Gasteiger partial charge is 0.272 e. The van der Waals surface area contributed by atoms with Crippen LogP contribution in [0.3, 0.4) is 0 Å². The second-order valence-corrected chi connectivity index (χ2v) is 4.96. The lowest BCUT2D eigenvalue weighted by atomic mass is 10.2. The third-order valence-electron chi connectivity index (χ3n) is 2.83. The van der Waals surface area contributed by atoms with Gasteiger partial charge >= 0.3 is 0 Å². The van der Waals surface area contributed by atoms with Crippen LogP contribution in [0.15, 0.2) is 45.8 Å². The topological polar surface area (TPSA) is 37.3 Å². The Kier molecular flexibility index (Phi) is 2.74. The molecule has 0 unspecified atom stereocenters. The van der Waals surface area contributed by atoms with Crippen molar-refractivity contribution in [2.75, 3.05) is 0 Å². The summed E-state index contributed by atoms with van der Waals surface area (Å²) in [5.74, 6) is -2.11. The van der Waals surface area contributed by atoms with Crippen molar-refractivity contribution in [1.29, 1.82) is 0 Å². The van der Waals surface area contributed by atoms with Gasteiger partial charge in [0.05, 0.1) is 5.69 Å². The Balaban J connectivity index is 2.28. The van der Waals surface area contributed by atoms with E-state index in [4.69, 9.17) is 0 Å². The molecule has 0 atom stereocenters. The van der Waals surface area contributed by atoms with Crippen LogP contribution < -0.4 is 5.56 Å². The fourth-order valence-electron chi connectivity index (χ4n) is 1.89. The van der Waals surface area contributed by atoms with Crippen LogP contribution in [0.2, 0.25) is 0 Å². The Morgan fingerprint density at radius 3 is 2.53 bits per heavy atom. The van der Waals surface area contributed by atoms with Gasteiger partial charge in [0, 0.05) is 16.7 Å². The number of aromatic amines is 1. The fourth-order valence-corrected chi connectivity index (χ4v) is 2.16. The fraction of sp³-hybridized carbons (Fsp3) is 0. The molecule has 3 nitrogen and oxygen atoms in total. The number of nitrogens with zero attached hydrogens (tertiary/aromatic N) is 1. The Bertz CT molecular complexity index is 821. The van der Waals surface area contributed by atoms with Gasteiger partial charge < -0.3 is 4.98 Å². The minimum atomic E-state index is -1.07. The predicted molar refractivity (Wildman–Crippen MR) is 71.1 cm³/mol. The molecule has 2 aromatic heterocycles. The van der Waals surface area contributed by atoms with E-state index < -0.39 is 17.3 Å². The van der Waals surface area contributed by atoms with Crippen LogP contribution >= 0.6 is 15.9 Å². The van der Waals surface area contributed by atoms with Crippen LogP contribution in [0.1, 0.15) is 0 Å². The second-order valence-electron chi connectivity index (χ2n) is 4.04. The first kappa shape index (κ1) is 12.1. The van der Waals surface area contributed by atoms with Crippen molar-refractivity contribution in [1.82, 2.24) is 9.38 Å². The van der Waals surface area contributed by atoms with E-state index >= 15 is 0 Å². The molecular weight excluding hydrogens is 318 g/mol. The largest absolute Gasteiger partial charge is 0.319 e. The molecule has 2 heterocycles. The standard InChI is InChI=1S/C13H7BrF2N2O/c14-8-3-1-7(2-4-8)10-6-18-11(13(19)17-10)5-9(15)12(18)16/h1-6H,(H,17,19). The number of aromatic nitrogens is 2. The lowest BCUT2D eigenvalue weighted by Gasteiger charge is -2.03. The molecule has 3 rings (SSSR count). The number of fused-ring (bicyclic) bond motifs is 1. The van der Waals surface area contributed by atoms with Gasteiger partial charge in [0.2, 0.25) is 5.95 Å². The molecule has 6 heteroatoms. The van der Waals surface area contributed by atoms with Crippen molar-refractivity contribution in [2.24, 2.45) is 0 Å². The Morgan fingerprint density at radius 1 is 1.16 bits per heavy atom. The molecule has 3 aromatic rings. The van der Waals surface area contributed by atoms with Crippen molar-refractivity contribution < 1.29 is 8.78 Å². The van der Waals surface area contributed by atoms with Crippen molar-refractivity contribution in [3.8, 4) is 11.3 Å². The van der Waals surface area contributed by atoms with Gasteiger partial charge in [-0.15, -0.1) is 0 Å². The minimum Gasteiger partial charge on any atom is -0.319 e. The van der Waals surface area contributed by atoms with Crippen LogP contribution in [0, 0.1) is 11.8 Å². The minimum absolute atomic E-state index is 0.0594. The quantitative estimate of drug-likeness (QED) is 0.732. The van der Waals surface area contributed by atoms with Gasteiger partial charge in [0.1, 0.15) is 5.52 Å². The van der Waals surface area contributed by atoms with Gasteiger partial charge in [-0.3, -0.25) is 9.20 Å². The average Bonchev–Trinajstić information content (AvgIpc) is 2.68. The van der Waals surface area contributed by atoms with E-state index in [1.54, 1.807) is 24.3 Å². The van der Waals surface area contributed by atoms with E-state index in [1.165, 1.54) is 6.20 Å². The maximum absolute atomic E-state index is 13.5. The molecule has 0 saturated carbocycles. The molecule has 19 heavy (non-hydrogen) atoms. The van der Waals surface area contributed by atoms with Gasteiger partial charge in [-0.05, 0) is 17.7 Å². The van der Waals surface area contributed by atoms with Crippen LogP contribution in [-0.2, 0) is 0 Å². The average molecular weight is 325 g/mol. The van der Waals surface area contributed by atoms with Gasteiger partial charge in [0.25, 0.3) is 5.56 Å². The van der Waals surface area contributed by atoms with Gasteiger partial charge in [-0.2, -0.15) is 4.39 Å². The zero-order chi connectivity index (χ0) is 13.6. The summed E-state index contributed by atoms with van der Waals surface area (Å²) < 4.78 is 28.5. The van der Waals surface area contributed by atoms with E-state index in [9.17, 15) is 13.6 Å². The molecule has 0 radical (unpaired) electrons. The highest BCUT2D eigenvalue weighted by Crippen LogP contribution is 2.20.